The first kappa shape index (κ1) is 10.4. The van der Waals surface area contributed by atoms with Crippen molar-refractivity contribution in [3.63, 3.8) is 0 Å². The lowest BCUT2D eigenvalue weighted by Crippen LogP contribution is -2.07. The topological polar surface area (TPSA) is 38.7 Å². The molecule has 0 spiro atoms. The van der Waals surface area contributed by atoms with Crippen LogP contribution in [0.3, 0.4) is 0 Å². The van der Waals surface area contributed by atoms with Crippen LogP contribution in [0.4, 0.5) is 0 Å². The van der Waals surface area contributed by atoms with Crippen molar-refractivity contribution in [2.75, 3.05) is 13.7 Å². The average Bonchev–Trinajstić information content (AvgIpc) is 2.82. The zero-order valence-corrected chi connectivity index (χ0v) is 10.6. The van der Waals surface area contributed by atoms with Crippen LogP contribution < -0.4 is 9.47 Å². The van der Waals surface area contributed by atoms with Crippen molar-refractivity contribution in [2.45, 2.75) is 24.9 Å². The predicted octanol–water partition coefficient (Wildman–Crippen LogP) is 2.37. The van der Waals surface area contributed by atoms with Crippen molar-refractivity contribution in [1.82, 2.24) is 0 Å². The molecule has 1 heterocycles. The van der Waals surface area contributed by atoms with Crippen molar-refractivity contribution < 1.29 is 14.6 Å². The van der Waals surface area contributed by atoms with Crippen molar-refractivity contribution >= 4 is 15.9 Å². The van der Waals surface area contributed by atoms with Gasteiger partial charge in [-0.3, -0.25) is 0 Å². The number of benzene rings is 1. The summed E-state index contributed by atoms with van der Waals surface area (Å²) in [6.07, 6.45) is 2.53. The predicted molar refractivity (Wildman–Crippen MR) is 63.0 cm³/mol. The minimum Gasteiger partial charge on any atom is -0.493 e. The van der Waals surface area contributed by atoms with Gasteiger partial charge in [0, 0.05) is 22.0 Å². The fourth-order valence-electron chi connectivity index (χ4n) is 2.19. The molecule has 16 heavy (non-hydrogen) atoms. The molecule has 3 rings (SSSR count). The third-order valence-electron chi connectivity index (χ3n) is 3.32. The van der Waals surface area contributed by atoms with Crippen LogP contribution in [0.5, 0.6) is 11.5 Å². The molecule has 1 aromatic carbocycles. The highest BCUT2D eigenvalue weighted by molar-refractivity contribution is 9.10. The van der Waals surface area contributed by atoms with Crippen LogP contribution >= 0.6 is 15.9 Å². The number of methoxy groups -OCH3 is 1. The molecule has 0 unspecified atom stereocenters. The van der Waals surface area contributed by atoms with Gasteiger partial charge < -0.3 is 14.6 Å². The van der Waals surface area contributed by atoms with Crippen LogP contribution in [0, 0.1) is 0 Å². The number of aliphatic hydroxyl groups is 1. The highest BCUT2D eigenvalue weighted by atomic mass is 79.9. The van der Waals surface area contributed by atoms with Crippen molar-refractivity contribution in [3.8, 4) is 11.5 Å². The number of ether oxygens (including phenoxy) is 2. The maximum Gasteiger partial charge on any atom is 0.165 e. The van der Waals surface area contributed by atoms with Gasteiger partial charge in [-0.1, -0.05) is 0 Å². The molecule has 1 aromatic rings. The Morgan fingerprint density at radius 1 is 1.50 bits per heavy atom. The summed E-state index contributed by atoms with van der Waals surface area (Å²) < 4.78 is 11.9. The molecular formula is C12H13BrO3. The van der Waals surface area contributed by atoms with E-state index in [2.05, 4.69) is 15.9 Å². The minimum absolute atomic E-state index is 0.649. The molecule has 0 aromatic heterocycles. The second-order valence-corrected chi connectivity index (χ2v) is 5.17. The van der Waals surface area contributed by atoms with E-state index in [4.69, 9.17) is 9.47 Å². The largest absolute Gasteiger partial charge is 0.493 e. The fourth-order valence-corrected chi connectivity index (χ4v) is 3.05. The molecule has 86 valence electrons. The van der Waals surface area contributed by atoms with Gasteiger partial charge in [0.05, 0.1) is 19.3 Å². The van der Waals surface area contributed by atoms with Crippen LogP contribution in [0.1, 0.15) is 24.0 Å². The highest BCUT2D eigenvalue weighted by Crippen LogP contribution is 2.52. The molecule has 1 aliphatic carbocycles. The minimum atomic E-state index is -0.649. The summed E-state index contributed by atoms with van der Waals surface area (Å²) in [6.45, 7) is 0.687. The quantitative estimate of drug-likeness (QED) is 0.906. The molecule has 0 radical (unpaired) electrons. The lowest BCUT2D eigenvalue weighted by molar-refractivity contribution is 0.150. The van der Waals surface area contributed by atoms with Crippen molar-refractivity contribution in [3.05, 3.63) is 21.7 Å². The van der Waals surface area contributed by atoms with E-state index in [0.717, 1.165) is 46.4 Å². The third kappa shape index (κ3) is 1.36. The second-order valence-electron chi connectivity index (χ2n) is 4.38. The molecule has 1 fully saturated rings. The van der Waals surface area contributed by atoms with Crippen LogP contribution in [0.15, 0.2) is 10.5 Å². The number of halogens is 1. The summed E-state index contributed by atoms with van der Waals surface area (Å²) in [5, 5.41) is 10.2. The smallest absolute Gasteiger partial charge is 0.165 e. The van der Waals surface area contributed by atoms with E-state index in [1.807, 2.05) is 6.07 Å². The molecule has 2 aliphatic rings. The normalized spacial score (nSPS) is 20.2. The lowest BCUT2D eigenvalue weighted by atomic mass is 10.0. The third-order valence-corrected chi connectivity index (χ3v) is 4.22. The van der Waals surface area contributed by atoms with Gasteiger partial charge >= 0.3 is 0 Å². The van der Waals surface area contributed by atoms with E-state index in [0.29, 0.717) is 6.61 Å². The highest BCUT2D eigenvalue weighted by Gasteiger charge is 2.45. The molecule has 0 amide bonds. The van der Waals surface area contributed by atoms with E-state index in [1.165, 1.54) is 0 Å². The monoisotopic (exact) mass is 284 g/mol. The molecule has 1 aliphatic heterocycles. The Morgan fingerprint density at radius 3 is 2.88 bits per heavy atom. The molecule has 4 heteroatoms. The van der Waals surface area contributed by atoms with Crippen LogP contribution in [0.2, 0.25) is 0 Å². The zero-order chi connectivity index (χ0) is 11.3. The van der Waals surface area contributed by atoms with Crippen LogP contribution in [-0.2, 0) is 12.0 Å². The van der Waals surface area contributed by atoms with E-state index in [9.17, 15) is 5.11 Å². The summed E-state index contributed by atoms with van der Waals surface area (Å²) >= 11 is 3.58. The first-order chi connectivity index (χ1) is 7.65. The number of hydrogen-bond acceptors (Lipinski definition) is 3. The first-order valence-electron chi connectivity index (χ1n) is 5.41. The molecule has 3 nitrogen and oxygen atoms in total. The molecule has 1 N–H and O–H groups in total. The van der Waals surface area contributed by atoms with Gasteiger partial charge in [-0.05, 0) is 34.8 Å². The Balaban J connectivity index is 2.20. The molecule has 1 saturated carbocycles. The Morgan fingerprint density at radius 2 is 2.25 bits per heavy atom. The van der Waals surface area contributed by atoms with Crippen molar-refractivity contribution in [1.29, 1.82) is 0 Å². The van der Waals surface area contributed by atoms with Crippen LogP contribution in [0.25, 0.3) is 0 Å². The SMILES string of the molecule is COc1cc(C2(O)CC2)c(Br)c2c1OCC2. The van der Waals surface area contributed by atoms with Gasteiger partial charge in [-0.15, -0.1) is 0 Å². The Kier molecular flexibility index (Phi) is 2.20. The molecular weight excluding hydrogens is 272 g/mol. The van der Waals surface area contributed by atoms with Gasteiger partial charge in [0.15, 0.2) is 11.5 Å². The number of fused-ring (bicyclic) bond motifs is 1. The van der Waals surface area contributed by atoms with E-state index in [1.54, 1.807) is 7.11 Å². The molecule has 0 bridgehead atoms. The van der Waals surface area contributed by atoms with E-state index >= 15 is 0 Å². The summed E-state index contributed by atoms with van der Waals surface area (Å²) in [7, 11) is 1.63. The maximum atomic E-state index is 10.2. The van der Waals surface area contributed by atoms with Gasteiger partial charge in [0.2, 0.25) is 0 Å². The van der Waals surface area contributed by atoms with Gasteiger partial charge in [0.25, 0.3) is 0 Å². The summed E-state index contributed by atoms with van der Waals surface area (Å²) in [5.74, 6) is 1.55. The van der Waals surface area contributed by atoms with Crippen molar-refractivity contribution in [2.24, 2.45) is 0 Å². The number of rotatable bonds is 2. The summed E-state index contributed by atoms with van der Waals surface area (Å²) in [4.78, 5) is 0. The first-order valence-corrected chi connectivity index (χ1v) is 6.20. The Hall–Kier alpha value is -0.740. The van der Waals surface area contributed by atoms with E-state index < -0.39 is 5.60 Å². The molecule has 0 saturated heterocycles. The zero-order valence-electron chi connectivity index (χ0n) is 9.05. The standard InChI is InChI=1S/C12H13BrO3/c1-15-9-6-8(12(14)3-4-12)10(13)7-2-5-16-11(7)9/h6,14H,2-5H2,1H3. The lowest BCUT2D eigenvalue weighted by Gasteiger charge is -2.16. The molecule has 0 atom stereocenters. The average molecular weight is 285 g/mol. The number of hydrogen-bond donors (Lipinski definition) is 1. The second kappa shape index (κ2) is 3.37. The van der Waals surface area contributed by atoms with Gasteiger partial charge in [-0.25, -0.2) is 0 Å². The van der Waals surface area contributed by atoms with Gasteiger partial charge in [-0.2, -0.15) is 0 Å². The Labute approximate surface area is 102 Å². The summed E-state index contributed by atoms with van der Waals surface area (Å²) in [6, 6.07) is 1.89. The fraction of sp³-hybridized carbons (Fsp3) is 0.500. The van der Waals surface area contributed by atoms with Crippen LogP contribution in [-0.4, -0.2) is 18.8 Å². The van der Waals surface area contributed by atoms with Gasteiger partial charge in [0.1, 0.15) is 0 Å². The maximum absolute atomic E-state index is 10.2. The summed E-state index contributed by atoms with van der Waals surface area (Å²) in [5.41, 5.74) is 1.41. The Bertz CT molecular complexity index is 452. The van der Waals surface area contributed by atoms with E-state index in [-0.39, 0.29) is 0 Å².